The molecule has 0 bridgehead atoms. The summed E-state index contributed by atoms with van der Waals surface area (Å²) < 4.78 is 2.94. The number of carbonyl (C=O) groups is 1. The fourth-order valence-corrected chi connectivity index (χ4v) is 4.25. The Balaban J connectivity index is 1.39. The summed E-state index contributed by atoms with van der Waals surface area (Å²) in [7, 11) is 0. The highest BCUT2D eigenvalue weighted by molar-refractivity contribution is 7.15. The van der Waals surface area contributed by atoms with E-state index in [1.165, 1.54) is 10.7 Å². The van der Waals surface area contributed by atoms with Crippen molar-refractivity contribution >= 4 is 23.1 Å². The lowest BCUT2D eigenvalue weighted by molar-refractivity contribution is -0.117. The van der Waals surface area contributed by atoms with Crippen molar-refractivity contribution in [3.8, 4) is 16.3 Å². The van der Waals surface area contributed by atoms with Gasteiger partial charge in [0, 0.05) is 22.9 Å². The highest BCUT2D eigenvalue weighted by atomic mass is 32.1. The van der Waals surface area contributed by atoms with Gasteiger partial charge in [-0.15, -0.1) is 11.3 Å². The Morgan fingerprint density at radius 3 is 2.61 bits per heavy atom. The third-order valence-corrected chi connectivity index (χ3v) is 6.17. The molecule has 1 aliphatic carbocycles. The van der Waals surface area contributed by atoms with Gasteiger partial charge in [-0.25, -0.2) is 9.36 Å². The van der Waals surface area contributed by atoms with Gasteiger partial charge in [-0.05, 0) is 50.1 Å². The van der Waals surface area contributed by atoms with E-state index >= 15 is 0 Å². The Hall–Kier alpha value is -3.52. The second kappa shape index (κ2) is 7.96. The number of hydrogen-bond acceptors (Lipinski definition) is 5. The third-order valence-electron chi connectivity index (χ3n) is 5.14. The lowest BCUT2D eigenvalue weighted by Crippen LogP contribution is -2.29. The van der Waals surface area contributed by atoms with E-state index < -0.39 is 0 Å². The number of carbonyl (C=O) groups excluding carboxylic acids is 1. The Morgan fingerprint density at radius 1 is 1.10 bits per heavy atom. The van der Waals surface area contributed by atoms with Gasteiger partial charge in [0.2, 0.25) is 5.91 Å². The maximum Gasteiger partial charge on any atom is 0.267 e. The average molecular weight is 432 g/mol. The van der Waals surface area contributed by atoms with Crippen molar-refractivity contribution in [3.63, 3.8) is 0 Å². The minimum absolute atomic E-state index is 0.171. The molecule has 0 radical (unpaired) electrons. The van der Waals surface area contributed by atoms with Gasteiger partial charge in [0.05, 0.1) is 16.3 Å². The molecule has 1 aromatic carbocycles. The van der Waals surface area contributed by atoms with Crippen LogP contribution in [0.5, 0.6) is 0 Å². The van der Waals surface area contributed by atoms with Crippen LogP contribution in [0.15, 0.2) is 65.5 Å². The van der Waals surface area contributed by atoms with Crippen LogP contribution in [0.25, 0.3) is 16.3 Å². The molecule has 3 aromatic heterocycles. The molecule has 1 fully saturated rings. The molecule has 1 saturated carbocycles. The first-order valence-corrected chi connectivity index (χ1v) is 11.0. The van der Waals surface area contributed by atoms with Crippen molar-refractivity contribution in [3.05, 3.63) is 81.6 Å². The standard InChI is InChI=1S/C23H21N5O2S/c1-15-7-11-20(31-15)18-10-12-23(30)27(25-18)14-22(29)24-21-13-19(16-8-9-16)26-28(21)17-5-3-2-4-6-17/h2-7,10-13,16H,8-9,14H2,1H3,(H,24,29). The molecule has 4 aromatic rings. The lowest BCUT2D eigenvalue weighted by Gasteiger charge is -2.10. The van der Waals surface area contributed by atoms with Crippen LogP contribution in [0.4, 0.5) is 5.82 Å². The summed E-state index contributed by atoms with van der Waals surface area (Å²) in [5.41, 5.74) is 2.21. The molecule has 156 valence electrons. The fraction of sp³-hybridized carbons (Fsp3) is 0.217. The number of hydrogen-bond donors (Lipinski definition) is 1. The van der Waals surface area contributed by atoms with Gasteiger partial charge in [0.15, 0.2) is 0 Å². The van der Waals surface area contributed by atoms with E-state index in [0.717, 1.165) is 34.0 Å². The molecule has 0 aliphatic heterocycles. The van der Waals surface area contributed by atoms with E-state index in [9.17, 15) is 9.59 Å². The molecular formula is C23H21N5O2S. The molecule has 0 unspecified atom stereocenters. The minimum atomic E-state index is -0.325. The molecule has 1 aliphatic rings. The summed E-state index contributed by atoms with van der Waals surface area (Å²) in [4.78, 5) is 27.2. The van der Waals surface area contributed by atoms with Crippen molar-refractivity contribution in [2.75, 3.05) is 5.32 Å². The van der Waals surface area contributed by atoms with E-state index in [-0.39, 0.29) is 18.0 Å². The number of nitrogens with one attached hydrogen (secondary N) is 1. The van der Waals surface area contributed by atoms with Crippen molar-refractivity contribution in [1.29, 1.82) is 0 Å². The van der Waals surface area contributed by atoms with Crippen LogP contribution in [-0.4, -0.2) is 25.5 Å². The van der Waals surface area contributed by atoms with Gasteiger partial charge in [-0.3, -0.25) is 9.59 Å². The molecule has 7 nitrogen and oxygen atoms in total. The minimum Gasteiger partial charge on any atom is -0.309 e. The van der Waals surface area contributed by atoms with Crippen LogP contribution < -0.4 is 10.9 Å². The SMILES string of the molecule is Cc1ccc(-c2ccc(=O)n(CC(=O)Nc3cc(C4CC4)nn3-c3ccccc3)n2)s1. The Morgan fingerprint density at radius 2 is 1.90 bits per heavy atom. The van der Waals surface area contributed by atoms with E-state index in [2.05, 4.69) is 10.4 Å². The molecule has 31 heavy (non-hydrogen) atoms. The Bertz CT molecular complexity index is 1300. The highest BCUT2D eigenvalue weighted by Gasteiger charge is 2.28. The molecule has 3 heterocycles. The van der Waals surface area contributed by atoms with E-state index in [1.54, 1.807) is 22.1 Å². The van der Waals surface area contributed by atoms with Gasteiger partial charge >= 0.3 is 0 Å². The summed E-state index contributed by atoms with van der Waals surface area (Å²) in [6, 6.07) is 18.7. The second-order valence-corrected chi connectivity index (χ2v) is 8.94. The molecule has 0 atom stereocenters. The largest absolute Gasteiger partial charge is 0.309 e. The molecular weight excluding hydrogens is 410 g/mol. The van der Waals surface area contributed by atoms with Crippen LogP contribution in [0.2, 0.25) is 0 Å². The van der Waals surface area contributed by atoms with Crippen LogP contribution >= 0.6 is 11.3 Å². The summed E-state index contributed by atoms with van der Waals surface area (Å²) in [5.74, 6) is 0.723. The van der Waals surface area contributed by atoms with E-state index in [4.69, 9.17) is 5.10 Å². The van der Waals surface area contributed by atoms with Crippen molar-refractivity contribution in [2.24, 2.45) is 0 Å². The molecule has 1 N–H and O–H groups in total. The number of aromatic nitrogens is 4. The predicted molar refractivity (Wildman–Crippen MR) is 121 cm³/mol. The quantitative estimate of drug-likeness (QED) is 0.501. The fourth-order valence-electron chi connectivity index (χ4n) is 3.42. The number of para-hydroxylation sites is 1. The van der Waals surface area contributed by atoms with Crippen LogP contribution in [0.1, 0.15) is 29.3 Å². The molecule has 5 rings (SSSR count). The first kappa shape index (κ1) is 19.4. The number of benzene rings is 1. The van der Waals surface area contributed by atoms with Crippen LogP contribution in [0.3, 0.4) is 0 Å². The zero-order valence-corrected chi connectivity index (χ0v) is 17.8. The van der Waals surface area contributed by atoms with Crippen molar-refractivity contribution < 1.29 is 4.79 Å². The number of thiophene rings is 1. The lowest BCUT2D eigenvalue weighted by atomic mass is 10.3. The first-order chi connectivity index (χ1) is 15.1. The highest BCUT2D eigenvalue weighted by Crippen LogP contribution is 2.40. The maximum atomic E-state index is 12.8. The number of aryl methyl sites for hydroxylation is 1. The number of rotatable bonds is 6. The van der Waals surface area contributed by atoms with Crippen LogP contribution in [-0.2, 0) is 11.3 Å². The van der Waals surface area contributed by atoms with Crippen molar-refractivity contribution in [1.82, 2.24) is 19.6 Å². The third kappa shape index (κ3) is 4.20. The van der Waals surface area contributed by atoms with Gasteiger partial charge in [0.1, 0.15) is 18.1 Å². The smallest absolute Gasteiger partial charge is 0.267 e. The summed E-state index contributed by atoms with van der Waals surface area (Å²) in [6.45, 7) is 1.85. The zero-order chi connectivity index (χ0) is 21.4. The topological polar surface area (TPSA) is 81.8 Å². The summed E-state index contributed by atoms with van der Waals surface area (Å²) >= 11 is 1.60. The van der Waals surface area contributed by atoms with Gasteiger partial charge in [-0.2, -0.15) is 10.2 Å². The van der Waals surface area contributed by atoms with Gasteiger partial charge < -0.3 is 5.32 Å². The maximum absolute atomic E-state index is 12.8. The zero-order valence-electron chi connectivity index (χ0n) is 17.0. The molecule has 1 amide bonds. The number of anilines is 1. The predicted octanol–water partition coefficient (Wildman–Crippen LogP) is 3.98. The van der Waals surface area contributed by atoms with Crippen molar-refractivity contribution in [2.45, 2.75) is 32.2 Å². The first-order valence-electron chi connectivity index (χ1n) is 10.2. The number of amides is 1. The molecule has 0 saturated heterocycles. The number of nitrogens with zero attached hydrogens (tertiary/aromatic N) is 4. The molecule has 0 spiro atoms. The van der Waals surface area contributed by atoms with Crippen LogP contribution in [0, 0.1) is 6.92 Å². The normalized spacial score (nSPS) is 13.3. The van der Waals surface area contributed by atoms with E-state index in [0.29, 0.717) is 17.4 Å². The summed E-state index contributed by atoms with van der Waals surface area (Å²) in [5, 5.41) is 12.0. The van der Waals surface area contributed by atoms with Gasteiger partial charge in [-0.1, -0.05) is 18.2 Å². The summed E-state index contributed by atoms with van der Waals surface area (Å²) in [6.07, 6.45) is 2.24. The Kier molecular flexibility index (Phi) is 4.99. The Labute approximate surface area is 183 Å². The second-order valence-electron chi connectivity index (χ2n) is 7.65. The molecule has 8 heteroatoms. The monoisotopic (exact) mass is 431 g/mol. The average Bonchev–Trinajstić information content (AvgIpc) is 3.40. The van der Waals surface area contributed by atoms with E-state index in [1.807, 2.05) is 55.5 Å². The van der Waals surface area contributed by atoms with Gasteiger partial charge in [0.25, 0.3) is 5.56 Å².